The summed E-state index contributed by atoms with van der Waals surface area (Å²) >= 11 is 0. The molecule has 0 aliphatic heterocycles. The lowest BCUT2D eigenvalue weighted by atomic mass is 10.1. The Morgan fingerprint density at radius 2 is 1.71 bits per heavy atom. The van der Waals surface area contributed by atoms with Gasteiger partial charge in [-0.2, -0.15) is 13.2 Å². The fourth-order valence-corrected chi connectivity index (χ4v) is 4.02. The van der Waals surface area contributed by atoms with E-state index in [2.05, 4.69) is 4.72 Å². The predicted octanol–water partition coefficient (Wildman–Crippen LogP) is 3.47. The number of hydrogen-bond donors (Lipinski definition) is 1. The molecule has 0 amide bonds. The molecule has 1 aliphatic rings. The van der Waals surface area contributed by atoms with E-state index in [4.69, 9.17) is 4.74 Å². The van der Waals surface area contributed by atoms with Gasteiger partial charge in [0, 0.05) is 6.54 Å². The van der Waals surface area contributed by atoms with Crippen LogP contribution in [0.25, 0.3) is 0 Å². The Balaban J connectivity index is 1.52. The van der Waals surface area contributed by atoms with Gasteiger partial charge in [-0.05, 0) is 66.8 Å². The van der Waals surface area contributed by atoms with Crippen LogP contribution in [0.15, 0.2) is 47.4 Å². The summed E-state index contributed by atoms with van der Waals surface area (Å²) in [4.78, 5) is 11.6. The van der Waals surface area contributed by atoms with Crippen molar-refractivity contribution in [3.8, 4) is 5.75 Å². The van der Waals surface area contributed by atoms with E-state index in [1.54, 1.807) is 6.07 Å². The summed E-state index contributed by atoms with van der Waals surface area (Å²) in [5.74, 6) is -0.190. The van der Waals surface area contributed by atoms with Crippen LogP contribution in [-0.2, 0) is 33.8 Å². The van der Waals surface area contributed by atoms with E-state index in [9.17, 15) is 26.4 Å². The highest BCUT2D eigenvalue weighted by molar-refractivity contribution is 7.89. The number of alkyl halides is 3. The van der Waals surface area contributed by atoms with Crippen molar-refractivity contribution in [2.45, 2.75) is 36.8 Å². The number of fused-ring (bicyclic) bond motifs is 1. The first kappa shape index (κ1) is 20.3. The van der Waals surface area contributed by atoms with Gasteiger partial charge in [0.2, 0.25) is 10.0 Å². The van der Waals surface area contributed by atoms with Gasteiger partial charge in [0.1, 0.15) is 5.75 Å². The van der Waals surface area contributed by atoms with Gasteiger partial charge in [-0.1, -0.05) is 6.07 Å². The zero-order chi connectivity index (χ0) is 20.4. The maximum absolute atomic E-state index is 12.5. The van der Waals surface area contributed by atoms with E-state index in [-0.39, 0.29) is 17.9 Å². The van der Waals surface area contributed by atoms with Crippen molar-refractivity contribution in [1.82, 2.24) is 4.72 Å². The summed E-state index contributed by atoms with van der Waals surface area (Å²) in [5, 5.41) is 0. The molecule has 5 nitrogen and oxygen atoms in total. The molecule has 0 saturated carbocycles. The van der Waals surface area contributed by atoms with Crippen LogP contribution in [0.1, 0.15) is 29.5 Å². The van der Waals surface area contributed by atoms with Gasteiger partial charge >= 0.3 is 12.1 Å². The third-order valence-electron chi connectivity index (χ3n) is 4.41. The number of rotatable bonds is 6. The number of halogens is 3. The third kappa shape index (κ3) is 4.90. The molecular weight excluding hydrogens is 395 g/mol. The van der Waals surface area contributed by atoms with Gasteiger partial charge in [-0.3, -0.25) is 4.79 Å². The Morgan fingerprint density at radius 1 is 1.04 bits per heavy atom. The van der Waals surface area contributed by atoms with Gasteiger partial charge in [-0.15, -0.1) is 0 Å². The first-order chi connectivity index (χ1) is 13.1. The summed E-state index contributed by atoms with van der Waals surface area (Å²) in [6.07, 6.45) is -1.74. The maximum Gasteiger partial charge on any atom is 0.416 e. The molecule has 150 valence electrons. The van der Waals surface area contributed by atoms with Crippen molar-refractivity contribution < 1.29 is 31.1 Å². The molecule has 1 N–H and O–H groups in total. The Bertz CT molecular complexity index is 970. The first-order valence-electron chi connectivity index (χ1n) is 8.64. The molecule has 0 bridgehead atoms. The summed E-state index contributed by atoms with van der Waals surface area (Å²) in [6.45, 7) is -0.229. The van der Waals surface area contributed by atoms with Crippen molar-refractivity contribution in [2.24, 2.45) is 0 Å². The van der Waals surface area contributed by atoms with Crippen molar-refractivity contribution in [1.29, 1.82) is 0 Å². The Hall–Kier alpha value is -2.39. The van der Waals surface area contributed by atoms with Crippen LogP contribution >= 0.6 is 0 Å². The van der Waals surface area contributed by atoms with E-state index in [0.29, 0.717) is 17.9 Å². The van der Waals surface area contributed by atoms with E-state index < -0.39 is 27.7 Å². The van der Waals surface area contributed by atoms with Crippen LogP contribution in [0.3, 0.4) is 0 Å². The highest BCUT2D eigenvalue weighted by atomic mass is 32.2. The molecule has 0 unspecified atom stereocenters. The van der Waals surface area contributed by atoms with Crippen LogP contribution in [0.4, 0.5) is 13.2 Å². The number of esters is 1. The standard InChI is InChI=1S/C19H18F3NO4S/c20-19(21,22)15-5-8-17(9-6-15)28(25,26)23-11-10-18(24)27-16-7-4-13-2-1-3-14(13)12-16/h4-9,12,23H,1-3,10-11H2. The van der Waals surface area contributed by atoms with Crippen molar-refractivity contribution in [3.05, 3.63) is 59.2 Å². The lowest BCUT2D eigenvalue weighted by molar-refractivity contribution is -0.137. The highest BCUT2D eigenvalue weighted by Crippen LogP contribution is 2.29. The lowest BCUT2D eigenvalue weighted by Gasteiger charge is -2.10. The molecule has 2 aromatic carbocycles. The zero-order valence-corrected chi connectivity index (χ0v) is 15.6. The van der Waals surface area contributed by atoms with Crippen LogP contribution < -0.4 is 9.46 Å². The fourth-order valence-electron chi connectivity index (χ4n) is 2.99. The number of ether oxygens (including phenoxy) is 1. The second-order valence-corrected chi connectivity index (χ2v) is 8.20. The second-order valence-electron chi connectivity index (χ2n) is 6.43. The van der Waals surface area contributed by atoms with Crippen LogP contribution in [0.5, 0.6) is 5.75 Å². The summed E-state index contributed by atoms with van der Waals surface area (Å²) in [7, 11) is -4.02. The average molecular weight is 413 g/mol. The van der Waals surface area contributed by atoms with Crippen molar-refractivity contribution in [2.75, 3.05) is 6.54 Å². The minimum Gasteiger partial charge on any atom is -0.426 e. The molecule has 0 saturated heterocycles. The molecule has 0 radical (unpaired) electrons. The van der Waals surface area contributed by atoms with Gasteiger partial charge in [0.25, 0.3) is 0 Å². The van der Waals surface area contributed by atoms with Gasteiger partial charge in [0.05, 0.1) is 16.9 Å². The topological polar surface area (TPSA) is 72.5 Å². The molecule has 1 aliphatic carbocycles. The van der Waals surface area contributed by atoms with Gasteiger partial charge < -0.3 is 4.74 Å². The minimum absolute atomic E-state index is 0.211. The highest BCUT2D eigenvalue weighted by Gasteiger charge is 2.30. The Labute approximate surface area is 160 Å². The van der Waals surface area contributed by atoms with Gasteiger partial charge in [-0.25, -0.2) is 13.1 Å². The normalized spacial score (nSPS) is 14.0. The number of nitrogens with one attached hydrogen (secondary N) is 1. The molecule has 0 spiro atoms. The molecule has 9 heteroatoms. The third-order valence-corrected chi connectivity index (χ3v) is 5.89. The molecule has 0 heterocycles. The minimum atomic E-state index is -4.54. The number of carbonyl (C=O) groups excluding carboxylic acids is 1. The van der Waals surface area contributed by atoms with Crippen molar-refractivity contribution >= 4 is 16.0 Å². The molecule has 0 atom stereocenters. The largest absolute Gasteiger partial charge is 0.426 e. The molecule has 0 aromatic heterocycles. The number of benzene rings is 2. The molecule has 28 heavy (non-hydrogen) atoms. The summed E-state index contributed by atoms with van der Waals surface area (Å²) in [5.41, 5.74) is 1.45. The second kappa shape index (κ2) is 7.92. The summed E-state index contributed by atoms with van der Waals surface area (Å²) < 4.78 is 69.3. The van der Waals surface area contributed by atoms with E-state index >= 15 is 0 Å². The first-order valence-corrected chi connectivity index (χ1v) is 10.1. The van der Waals surface area contributed by atoms with Crippen LogP contribution in [0.2, 0.25) is 0 Å². The van der Waals surface area contributed by atoms with E-state index in [1.165, 1.54) is 5.56 Å². The van der Waals surface area contributed by atoms with Crippen LogP contribution in [0, 0.1) is 0 Å². The monoisotopic (exact) mass is 413 g/mol. The number of carbonyl (C=O) groups is 1. The molecule has 3 rings (SSSR count). The fraction of sp³-hybridized carbons (Fsp3) is 0.316. The Kier molecular flexibility index (Phi) is 5.76. The number of sulfonamides is 1. The SMILES string of the molecule is O=C(CCNS(=O)(=O)c1ccc(C(F)(F)F)cc1)Oc1ccc2c(c1)CCC2. The van der Waals surface area contributed by atoms with Gasteiger partial charge in [0.15, 0.2) is 0 Å². The van der Waals surface area contributed by atoms with E-state index in [1.807, 2.05) is 12.1 Å². The smallest absolute Gasteiger partial charge is 0.416 e. The predicted molar refractivity (Wildman–Crippen MR) is 95.4 cm³/mol. The number of aryl methyl sites for hydroxylation is 2. The maximum atomic E-state index is 12.5. The Morgan fingerprint density at radius 3 is 2.39 bits per heavy atom. The number of hydrogen-bond acceptors (Lipinski definition) is 4. The van der Waals surface area contributed by atoms with Crippen molar-refractivity contribution in [3.63, 3.8) is 0 Å². The van der Waals surface area contributed by atoms with E-state index in [0.717, 1.165) is 37.0 Å². The summed E-state index contributed by atoms with van der Waals surface area (Å²) in [6, 6.07) is 8.55. The molecular formula is C19H18F3NO4S. The van der Waals surface area contributed by atoms with Crippen LogP contribution in [-0.4, -0.2) is 20.9 Å². The average Bonchev–Trinajstić information content (AvgIpc) is 3.08. The lowest BCUT2D eigenvalue weighted by Crippen LogP contribution is -2.27. The molecule has 2 aromatic rings. The quantitative estimate of drug-likeness (QED) is 0.582. The zero-order valence-electron chi connectivity index (χ0n) is 14.8. The molecule has 0 fully saturated rings.